The van der Waals surface area contributed by atoms with Gasteiger partial charge in [-0.2, -0.15) is 5.26 Å². The summed E-state index contributed by atoms with van der Waals surface area (Å²) < 4.78 is 0. The van der Waals surface area contributed by atoms with E-state index >= 15 is 0 Å². The van der Waals surface area contributed by atoms with Crippen LogP contribution in [0, 0.1) is 11.3 Å². The molecular formula is C12H16N2O. The number of aliphatic hydroxyl groups excluding tert-OH is 1. The summed E-state index contributed by atoms with van der Waals surface area (Å²) in [6.45, 7) is 2.59. The van der Waals surface area contributed by atoms with E-state index in [1.807, 2.05) is 19.2 Å². The summed E-state index contributed by atoms with van der Waals surface area (Å²) in [5.74, 6) is 0. The van der Waals surface area contributed by atoms with Crippen molar-refractivity contribution in [1.82, 2.24) is 0 Å². The van der Waals surface area contributed by atoms with Crippen LogP contribution in [-0.2, 0) is 0 Å². The Morgan fingerprint density at radius 2 is 2.00 bits per heavy atom. The largest absolute Gasteiger partial charge is 0.393 e. The highest BCUT2D eigenvalue weighted by Crippen LogP contribution is 2.13. The molecule has 1 aromatic carbocycles. The minimum Gasteiger partial charge on any atom is -0.393 e. The maximum absolute atomic E-state index is 9.16. The van der Waals surface area contributed by atoms with Gasteiger partial charge in [-0.3, -0.25) is 0 Å². The number of nitrogens with zero attached hydrogens (tertiary/aromatic N) is 2. The zero-order chi connectivity index (χ0) is 11.3. The van der Waals surface area contributed by atoms with Gasteiger partial charge in [0.15, 0.2) is 0 Å². The highest BCUT2D eigenvalue weighted by atomic mass is 16.3. The minimum absolute atomic E-state index is 0.272. The summed E-state index contributed by atoms with van der Waals surface area (Å²) in [7, 11) is 1.98. The van der Waals surface area contributed by atoms with Gasteiger partial charge in [0.25, 0.3) is 0 Å². The van der Waals surface area contributed by atoms with Crippen molar-refractivity contribution in [2.45, 2.75) is 19.4 Å². The van der Waals surface area contributed by atoms with Gasteiger partial charge in [0.05, 0.1) is 17.7 Å². The Bertz CT molecular complexity index is 338. The van der Waals surface area contributed by atoms with Gasteiger partial charge in [-0.05, 0) is 37.6 Å². The fraction of sp³-hybridized carbons (Fsp3) is 0.417. The fourth-order valence-electron chi connectivity index (χ4n) is 1.30. The molecule has 1 rings (SSSR count). The molecule has 15 heavy (non-hydrogen) atoms. The third-order valence-electron chi connectivity index (χ3n) is 2.32. The van der Waals surface area contributed by atoms with Crippen molar-refractivity contribution >= 4 is 5.69 Å². The predicted molar refractivity (Wildman–Crippen MR) is 60.7 cm³/mol. The van der Waals surface area contributed by atoms with E-state index < -0.39 is 0 Å². The van der Waals surface area contributed by atoms with Gasteiger partial charge in [0, 0.05) is 19.3 Å². The highest BCUT2D eigenvalue weighted by molar-refractivity contribution is 5.48. The third-order valence-corrected chi connectivity index (χ3v) is 2.32. The number of nitriles is 1. The molecule has 0 saturated carbocycles. The smallest absolute Gasteiger partial charge is 0.0991 e. The summed E-state index contributed by atoms with van der Waals surface area (Å²) in [5.41, 5.74) is 1.73. The summed E-state index contributed by atoms with van der Waals surface area (Å²) in [5, 5.41) is 17.8. The van der Waals surface area contributed by atoms with Gasteiger partial charge in [0.2, 0.25) is 0 Å². The Labute approximate surface area is 90.6 Å². The summed E-state index contributed by atoms with van der Waals surface area (Å²) in [4.78, 5) is 2.06. The Hall–Kier alpha value is -1.53. The molecule has 0 amide bonds. The monoisotopic (exact) mass is 204 g/mol. The molecule has 1 unspecified atom stereocenters. The van der Waals surface area contributed by atoms with E-state index in [9.17, 15) is 0 Å². The van der Waals surface area contributed by atoms with Crippen LogP contribution in [0.15, 0.2) is 24.3 Å². The maximum Gasteiger partial charge on any atom is 0.0991 e. The highest BCUT2D eigenvalue weighted by Gasteiger charge is 2.02. The molecule has 1 atom stereocenters. The standard InChI is InChI=1S/C12H16N2O/c1-10(15)7-8-14(2)12-5-3-11(9-13)4-6-12/h3-6,10,15H,7-8H2,1-2H3. The zero-order valence-electron chi connectivity index (χ0n) is 9.14. The lowest BCUT2D eigenvalue weighted by molar-refractivity contribution is 0.187. The van der Waals surface area contributed by atoms with Gasteiger partial charge in [-0.25, -0.2) is 0 Å². The molecule has 3 nitrogen and oxygen atoms in total. The van der Waals surface area contributed by atoms with Crippen LogP contribution in [0.3, 0.4) is 0 Å². The average Bonchev–Trinajstić information content (AvgIpc) is 2.26. The van der Waals surface area contributed by atoms with Crippen molar-refractivity contribution in [3.63, 3.8) is 0 Å². The Morgan fingerprint density at radius 3 is 2.47 bits per heavy atom. The molecular weight excluding hydrogens is 188 g/mol. The average molecular weight is 204 g/mol. The fourth-order valence-corrected chi connectivity index (χ4v) is 1.30. The van der Waals surface area contributed by atoms with Crippen molar-refractivity contribution in [3.8, 4) is 6.07 Å². The van der Waals surface area contributed by atoms with Crippen LogP contribution in [0.4, 0.5) is 5.69 Å². The SMILES string of the molecule is CC(O)CCN(C)c1ccc(C#N)cc1. The molecule has 80 valence electrons. The van der Waals surface area contributed by atoms with Crippen molar-refractivity contribution in [1.29, 1.82) is 5.26 Å². The molecule has 0 saturated heterocycles. The lowest BCUT2D eigenvalue weighted by Gasteiger charge is -2.19. The molecule has 0 aliphatic rings. The summed E-state index contributed by atoms with van der Waals surface area (Å²) in [6, 6.07) is 9.52. The van der Waals surface area contributed by atoms with E-state index in [0.717, 1.165) is 18.7 Å². The first-order valence-corrected chi connectivity index (χ1v) is 5.03. The second kappa shape index (κ2) is 5.38. The van der Waals surface area contributed by atoms with E-state index in [1.165, 1.54) is 0 Å². The van der Waals surface area contributed by atoms with Gasteiger partial charge >= 0.3 is 0 Å². The lowest BCUT2D eigenvalue weighted by atomic mass is 10.2. The predicted octanol–water partition coefficient (Wildman–Crippen LogP) is 1.77. The molecule has 0 bridgehead atoms. The molecule has 1 N–H and O–H groups in total. The van der Waals surface area contributed by atoms with Crippen molar-refractivity contribution in [2.75, 3.05) is 18.5 Å². The number of hydrogen-bond donors (Lipinski definition) is 1. The number of hydrogen-bond acceptors (Lipinski definition) is 3. The van der Waals surface area contributed by atoms with Crippen LogP contribution in [0.1, 0.15) is 18.9 Å². The van der Waals surface area contributed by atoms with Gasteiger partial charge < -0.3 is 10.0 Å². The van der Waals surface area contributed by atoms with E-state index in [2.05, 4.69) is 11.0 Å². The molecule has 0 fully saturated rings. The van der Waals surface area contributed by atoms with Crippen LogP contribution in [0.25, 0.3) is 0 Å². The van der Waals surface area contributed by atoms with Crippen LogP contribution in [0.5, 0.6) is 0 Å². The normalized spacial score (nSPS) is 11.9. The van der Waals surface area contributed by atoms with Crippen LogP contribution in [0.2, 0.25) is 0 Å². The maximum atomic E-state index is 9.16. The number of rotatable bonds is 4. The first kappa shape index (κ1) is 11.5. The van der Waals surface area contributed by atoms with Crippen molar-refractivity contribution in [2.24, 2.45) is 0 Å². The topological polar surface area (TPSA) is 47.3 Å². The molecule has 0 aromatic heterocycles. The van der Waals surface area contributed by atoms with Crippen LogP contribution < -0.4 is 4.90 Å². The number of benzene rings is 1. The first-order chi connectivity index (χ1) is 7.13. The molecule has 0 spiro atoms. The van der Waals surface area contributed by atoms with Gasteiger partial charge in [-0.1, -0.05) is 0 Å². The molecule has 0 aliphatic carbocycles. The summed E-state index contributed by atoms with van der Waals surface area (Å²) >= 11 is 0. The van der Waals surface area contributed by atoms with Crippen LogP contribution in [-0.4, -0.2) is 24.8 Å². The molecule has 0 aliphatic heterocycles. The van der Waals surface area contributed by atoms with Crippen molar-refractivity contribution < 1.29 is 5.11 Å². The number of anilines is 1. The molecule has 0 heterocycles. The molecule has 1 aromatic rings. The van der Waals surface area contributed by atoms with Gasteiger partial charge in [0.1, 0.15) is 0 Å². The first-order valence-electron chi connectivity index (χ1n) is 5.03. The zero-order valence-corrected chi connectivity index (χ0v) is 9.14. The molecule has 3 heteroatoms. The van der Waals surface area contributed by atoms with E-state index in [1.54, 1.807) is 19.1 Å². The second-order valence-corrected chi connectivity index (χ2v) is 3.72. The van der Waals surface area contributed by atoms with Gasteiger partial charge in [-0.15, -0.1) is 0 Å². The Morgan fingerprint density at radius 1 is 1.40 bits per heavy atom. The third kappa shape index (κ3) is 3.61. The Kier molecular flexibility index (Phi) is 4.14. The summed E-state index contributed by atoms with van der Waals surface area (Å²) in [6.07, 6.45) is 0.474. The van der Waals surface area contributed by atoms with E-state index in [0.29, 0.717) is 5.56 Å². The quantitative estimate of drug-likeness (QED) is 0.813. The number of aliphatic hydroxyl groups is 1. The Balaban J connectivity index is 2.58. The van der Waals surface area contributed by atoms with E-state index in [4.69, 9.17) is 10.4 Å². The molecule has 0 radical (unpaired) electrons. The van der Waals surface area contributed by atoms with Crippen LogP contribution >= 0.6 is 0 Å². The van der Waals surface area contributed by atoms with E-state index in [-0.39, 0.29) is 6.10 Å². The minimum atomic E-state index is -0.272. The lowest BCUT2D eigenvalue weighted by Crippen LogP contribution is -2.21. The van der Waals surface area contributed by atoms with Crippen molar-refractivity contribution in [3.05, 3.63) is 29.8 Å². The second-order valence-electron chi connectivity index (χ2n) is 3.72.